The number of aryl methyl sites for hydroxylation is 1. The van der Waals surface area contributed by atoms with Crippen molar-refractivity contribution < 1.29 is 19.4 Å². The summed E-state index contributed by atoms with van der Waals surface area (Å²) in [4.78, 5) is 10.7. The van der Waals surface area contributed by atoms with Gasteiger partial charge in [-0.1, -0.05) is 23.4 Å². The Morgan fingerprint density at radius 3 is 2.68 bits per heavy atom. The van der Waals surface area contributed by atoms with Crippen LogP contribution in [0.1, 0.15) is 30.6 Å². The Kier molecular flexibility index (Phi) is 6.26. The third-order valence-corrected chi connectivity index (χ3v) is 3.93. The standard InChI is InChI=1S/C13H16ClFO3S/c1-7-5-9(11(15)6-10(7)14)13(18)12(17)3-4-19-8(2)16/h5-6,12-13,17-18H,3-4H2,1-2H3. The van der Waals surface area contributed by atoms with E-state index < -0.39 is 18.0 Å². The van der Waals surface area contributed by atoms with Gasteiger partial charge in [0.2, 0.25) is 0 Å². The van der Waals surface area contributed by atoms with Crippen molar-refractivity contribution in [3.8, 4) is 0 Å². The van der Waals surface area contributed by atoms with E-state index in [1.165, 1.54) is 13.0 Å². The molecule has 0 saturated carbocycles. The zero-order chi connectivity index (χ0) is 14.6. The van der Waals surface area contributed by atoms with Crippen LogP contribution in [0, 0.1) is 12.7 Å². The average Bonchev–Trinajstić information content (AvgIpc) is 2.32. The summed E-state index contributed by atoms with van der Waals surface area (Å²) < 4.78 is 13.7. The molecule has 0 saturated heterocycles. The summed E-state index contributed by atoms with van der Waals surface area (Å²) >= 11 is 6.82. The molecule has 1 aromatic rings. The van der Waals surface area contributed by atoms with Crippen LogP contribution >= 0.6 is 23.4 Å². The second kappa shape index (κ2) is 7.24. The molecule has 0 heterocycles. The van der Waals surface area contributed by atoms with Gasteiger partial charge < -0.3 is 10.2 Å². The molecule has 0 spiro atoms. The van der Waals surface area contributed by atoms with Crippen LogP contribution < -0.4 is 0 Å². The van der Waals surface area contributed by atoms with Crippen LogP contribution in [0.4, 0.5) is 4.39 Å². The second-order valence-electron chi connectivity index (χ2n) is 4.26. The maximum absolute atomic E-state index is 13.7. The van der Waals surface area contributed by atoms with Crippen molar-refractivity contribution in [1.29, 1.82) is 0 Å². The van der Waals surface area contributed by atoms with Crippen LogP contribution in [0.5, 0.6) is 0 Å². The molecule has 6 heteroatoms. The molecule has 106 valence electrons. The first kappa shape index (κ1) is 16.4. The summed E-state index contributed by atoms with van der Waals surface area (Å²) in [6.45, 7) is 3.12. The van der Waals surface area contributed by atoms with Crippen molar-refractivity contribution in [2.45, 2.75) is 32.5 Å². The molecule has 2 unspecified atom stereocenters. The van der Waals surface area contributed by atoms with E-state index in [4.69, 9.17) is 11.6 Å². The minimum Gasteiger partial charge on any atom is -0.390 e. The lowest BCUT2D eigenvalue weighted by Gasteiger charge is -2.19. The van der Waals surface area contributed by atoms with Gasteiger partial charge in [0.1, 0.15) is 11.9 Å². The topological polar surface area (TPSA) is 57.5 Å². The van der Waals surface area contributed by atoms with Crippen LogP contribution in [0.3, 0.4) is 0 Å². The Labute approximate surface area is 120 Å². The number of aliphatic hydroxyl groups is 2. The van der Waals surface area contributed by atoms with Crippen molar-refractivity contribution in [3.05, 3.63) is 34.1 Å². The minimum atomic E-state index is -1.33. The molecule has 3 nitrogen and oxygen atoms in total. The summed E-state index contributed by atoms with van der Waals surface area (Å²) in [7, 11) is 0. The first-order chi connectivity index (χ1) is 8.82. The quantitative estimate of drug-likeness (QED) is 0.878. The molecule has 0 aliphatic rings. The van der Waals surface area contributed by atoms with Gasteiger partial charge in [-0.2, -0.15) is 0 Å². The van der Waals surface area contributed by atoms with Crippen LogP contribution in [-0.4, -0.2) is 27.2 Å². The zero-order valence-corrected chi connectivity index (χ0v) is 12.3. The lowest BCUT2D eigenvalue weighted by molar-refractivity contribution is -0.109. The van der Waals surface area contributed by atoms with E-state index in [9.17, 15) is 19.4 Å². The fraction of sp³-hybridized carbons (Fsp3) is 0.462. The van der Waals surface area contributed by atoms with E-state index in [0.717, 1.165) is 17.8 Å². The number of benzene rings is 1. The summed E-state index contributed by atoms with van der Waals surface area (Å²) in [6.07, 6.45) is -2.25. The fourth-order valence-corrected chi connectivity index (χ4v) is 2.39. The smallest absolute Gasteiger partial charge is 0.185 e. The van der Waals surface area contributed by atoms with Gasteiger partial charge in [0.15, 0.2) is 5.12 Å². The number of thioether (sulfide) groups is 1. The summed E-state index contributed by atoms with van der Waals surface area (Å²) in [5.74, 6) is -0.275. The maximum Gasteiger partial charge on any atom is 0.185 e. The zero-order valence-electron chi connectivity index (χ0n) is 10.7. The Bertz CT molecular complexity index is 467. The molecule has 2 N–H and O–H groups in total. The number of aliphatic hydroxyl groups excluding tert-OH is 2. The molecular weight excluding hydrogens is 291 g/mol. The van der Waals surface area contributed by atoms with Gasteiger partial charge >= 0.3 is 0 Å². The molecule has 1 aromatic carbocycles. The van der Waals surface area contributed by atoms with Crippen LogP contribution in [-0.2, 0) is 4.79 Å². The van der Waals surface area contributed by atoms with Crippen LogP contribution in [0.2, 0.25) is 5.02 Å². The van der Waals surface area contributed by atoms with E-state index in [1.807, 2.05) is 0 Å². The number of hydrogen-bond acceptors (Lipinski definition) is 4. The second-order valence-corrected chi connectivity index (χ2v) is 5.94. The van der Waals surface area contributed by atoms with Gasteiger partial charge in [-0.15, -0.1) is 0 Å². The van der Waals surface area contributed by atoms with Crippen molar-refractivity contribution in [3.63, 3.8) is 0 Å². The van der Waals surface area contributed by atoms with Gasteiger partial charge in [0, 0.05) is 23.3 Å². The van der Waals surface area contributed by atoms with Gasteiger partial charge in [-0.25, -0.2) is 4.39 Å². The van der Waals surface area contributed by atoms with E-state index in [-0.39, 0.29) is 22.1 Å². The number of halogens is 2. The summed E-state index contributed by atoms with van der Waals surface area (Å²) in [5, 5.41) is 19.9. The fourth-order valence-electron chi connectivity index (χ4n) is 1.59. The van der Waals surface area contributed by atoms with E-state index in [2.05, 4.69) is 0 Å². The lowest BCUT2D eigenvalue weighted by Crippen LogP contribution is -2.20. The molecule has 0 aliphatic heterocycles. The summed E-state index contributed by atoms with van der Waals surface area (Å²) in [5.41, 5.74) is 0.643. The molecule has 0 aliphatic carbocycles. The number of hydrogen-bond donors (Lipinski definition) is 2. The van der Waals surface area contributed by atoms with E-state index >= 15 is 0 Å². The Morgan fingerprint density at radius 1 is 1.47 bits per heavy atom. The highest BCUT2D eigenvalue weighted by atomic mass is 35.5. The van der Waals surface area contributed by atoms with Crippen LogP contribution in [0.15, 0.2) is 12.1 Å². The number of carbonyl (C=O) groups is 1. The molecule has 19 heavy (non-hydrogen) atoms. The molecule has 0 bridgehead atoms. The normalized spacial score (nSPS) is 14.2. The predicted octanol–water partition coefficient (Wildman–Crippen LogP) is 2.85. The molecule has 0 fully saturated rings. The number of rotatable bonds is 5. The largest absolute Gasteiger partial charge is 0.390 e. The highest BCUT2D eigenvalue weighted by molar-refractivity contribution is 8.13. The Hall–Kier alpha value is -0.620. The van der Waals surface area contributed by atoms with E-state index in [0.29, 0.717) is 11.3 Å². The Morgan fingerprint density at radius 2 is 2.11 bits per heavy atom. The first-order valence-corrected chi connectivity index (χ1v) is 7.14. The van der Waals surface area contributed by atoms with Gasteiger partial charge in [-0.05, 0) is 31.0 Å². The first-order valence-electron chi connectivity index (χ1n) is 5.78. The highest BCUT2D eigenvalue weighted by Gasteiger charge is 2.22. The molecule has 0 amide bonds. The molecule has 0 radical (unpaired) electrons. The van der Waals surface area contributed by atoms with Gasteiger partial charge in [0.05, 0.1) is 6.10 Å². The monoisotopic (exact) mass is 306 g/mol. The lowest BCUT2D eigenvalue weighted by atomic mass is 10.0. The van der Waals surface area contributed by atoms with E-state index in [1.54, 1.807) is 6.92 Å². The third kappa shape index (κ3) is 4.76. The minimum absolute atomic E-state index is 0.0159. The molecule has 1 rings (SSSR count). The van der Waals surface area contributed by atoms with Gasteiger partial charge in [0.25, 0.3) is 0 Å². The van der Waals surface area contributed by atoms with Crippen molar-refractivity contribution in [2.24, 2.45) is 0 Å². The van der Waals surface area contributed by atoms with Crippen LogP contribution in [0.25, 0.3) is 0 Å². The molecule has 0 aromatic heterocycles. The maximum atomic E-state index is 13.7. The van der Waals surface area contributed by atoms with Crippen molar-refractivity contribution in [2.75, 3.05) is 5.75 Å². The third-order valence-electron chi connectivity index (χ3n) is 2.68. The van der Waals surface area contributed by atoms with Crippen molar-refractivity contribution >= 4 is 28.5 Å². The number of carbonyl (C=O) groups excluding carboxylic acids is 1. The highest BCUT2D eigenvalue weighted by Crippen LogP contribution is 2.27. The van der Waals surface area contributed by atoms with Gasteiger partial charge in [-0.3, -0.25) is 4.79 Å². The molecule has 2 atom stereocenters. The summed E-state index contributed by atoms with van der Waals surface area (Å²) in [6, 6.07) is 2.54. The predicted molar refractivity (Wildman–Crippen MR) is 74.9 cm³/mol. The Balaban J connectivity index is 2.73. The SMILES string of the molecule is CC(=O)SCCC(O)C(O)c1cc(C)c(Cl)cc1F. The average molecular weight is 307 g/mol. The molecular formula is C13H16ClFO3S. The van der Waals surface area contributed by atoms with Crippen molar-refractivity contribution in [1.82, 2.24) is 0 Å².